The van der Waals surface area contributed by atoms with Crippen LogP contribution in [0.4, 0.5) is 0 Å². The van der Waals surface area contributed by atoms with Gasteiger partial charge in [-0.25, -0.2) is 4.98 Å². The number of hydrogen-bond donors (Lipinski definition) is 0. The molecule has 0 bridgehead atoms. The molecule has 0 unspecified atom stereocenters. The van der Waals surface area contributed by atoms with Crippen molar-refractivity contribution in [1.29, 1.82) is 5.26 Å². The van der Waals surface area contributed by atoms with E-state index < -0.39 is 0 Å². The van der Waals surface area contributed by atoms with Crippen LogP contribution in [-0.4, -0.2) is 27.0 Å². The van der Waals surface area contributed by atoms with Gasteiger partial charge in [-0.05, 0) is 37.1 Å². The Hall–Kier alpha value is -2.12. The topological polar surface area (TPSA) is 44.9 Å². The summed E-state index contributed by atoms with van der Waals surface area (Å²) in [4.78, 5) is 6.61. The van der Waals surface area contributed by atoms with Crippen LogP contribution in [0.5, 0.6) is 0 Å². The molecule has 1 atom stereocenters. The maximum atomic E-state index is 8.97. The molecule has 2 aromatic rings. The van der Waals surface area contributed by atoms with Gasteiger partial charge in [0.2, 0.25) is 0 Å². The molecule has 3 rings (SSSR count). The lowest BCUT2D eigenvalue weighted by atomic mass is 10.1. The molecular formula is C16H18N4. The Balaban J connectivity index is 1.68. The molecule has 0 N–H and O–H groups in total. The van der Waals surface area contributed by atoms with E-state index >= 15 is 0 Å². The lowest BCUT2D eigenvalue weighted by molar-refractivity contribution is 0.224. The van der Waals surface area contributed by atoms with Crippen LogP contribution in [-0.2, 0) is 13.1 Å². The van der Waals surface area contributed by atoms with Gasteiger partial charge in [0.15, 0.2) is 0 Å². The molecule has 1 saturated heterocycles. The fourth-order valence-corrected chi connectivity index (χ4v) is 2.92. The third-order valence-electron chi connectivity index (χ3n) is 3.92. The van der Waals surface area contributed by atoms with Gasteiger partial charge in [0, 0.05) is 31.5 Å². The first-order chi connectivity index (χ1) is 9.85. The second kappa shape index (κ2) is 5.89. The Kier molecular flexibility index (Phi) is 3.80. The zero-order valence-corrected chi connectivity index (χ0v) is 11.4. The summed E-state index contributed by atoms with van der Waals surface area (Å²) < 4.78 is 2.15. The molecule has 20 heavy (non-hydrogen) atoms. The molecule has 1 aliphatic heterocycles. The van der Waals surface area contributed by atoms with E-state index in [0.29, 0.717) is 6.04 Å². The molecule has 0 saturated carbocycles. The quantitative estimate of drug-likeness (QED) is 0.853. The van der Waals surface area contributed by atoms with E-state index in [1.165, 1.54) is 18.4 Å². The minimum absolute atomic E-state index is 0.565. The highest BCUT2D eigenvalue weighted by molar-refractivity contribution is 5.32. The van der Waals surface area contributed by atoms with Crippen LogP contribution < -0.4 is 0 Å². The van der Waals surface area contributed by atoms with Crippen LogP contribution in [0.2, 0.25) is 0 Å². The number of nitriles is 1. The van der Waals surface area contributed by atoms with Crippen LogP contribution in [0.1, 0.15) is 24.0 Å². The van der Waals surface area contributed by atoms with E-state index in [2.05, 4.69) is 26.6 Å². The largest absolute Gasteiger partial charge is 0.336 e. The highest BCUT2D eigenvalue weighted by Crippen LogP contribution is 2.21. The first-order valence-electron chi connectivity index (χ1n) is 7.04. The van der Waals surface area contributed by atoms with Crippen LogP contribution in [0, 0.1) is 11.3 Å². The van der Waals surface area contributed by atoms with E-state index in [4.69, 9.17) is 5.26 Å². The molecule has 0 amide bonds. The summed E-state index contributed by atoms with van der Waals surface area (Å²) >= 11 is 0. The molecule has 0 radical (unpaired) electrons. The van der Waals surface area contributed by atoms with Crippen molar-refractivity contribution < 1.29 is 0 Å². The van der Waals surface area contributed by atoms with Gasteiger partial charge in [0.05, 0.1) is 18.0 Å². The number of benzene rings is 1. The van der Waals surface area contributed by atoms with Crippen LogP contribution in [0.3, 0.4) is 0 Å². The summed E-state index contributed by atoms with van der Waals surface area (Å²) in [6.07, 6.45) is 8.21. The van der Waals surface area contributed by atoms with Gasteiger partial charge >= 0.3 is 0 Å². The van der Waals surface area contributed by atoms with Gasteiger partial charge in [0.1, 0.15) is 0 Å². The molecule has 4 nitrogen and oxygen atoms in total. The Morgan fingerprint density at radius 3 is 3.15 bits per heavy atom. The Morgan fingerprint density at radius 2 is 2.35 bits per heavy atom. The molecule has 1 aromatic carbocycles. The van der Waals surface area contributed by atoms with Crippen molar-refractivity contribution in [2.45, 2.75) is 32.0 Å². The lowest BCUT2D eigenvalue weighted by Crippen LogP contribution is -2.32. The van der Waals surface area contributed by atoms with E-state index in [-0.39, 0.29) is 0 Å². The van der Waals surface area contributed by atoms with Crippen molar-refractivity contribution >= 4 is 0 Å². The van der Waals surface area contributed by atoms with Gasteiger partial charge in [-0.15, -0.1) is 0 Å². The third kappa shape index (κ3) is 2.89. The van der Waals surface area contributed by atoms with Gasteiger partial charge in [-0.2, -0.15) is 5.26 Å². The van der Waals surface area contributed by atoms with Crippen LogP contribution in [0.15, 0.2) is 43.0 Å². The summed E-state index contributed by atoms with van der Waals surface area (Å²) in [5, 5.41) is 8.97. The average molecular weight is 266 g/mol. The summed E-state index contributed by atoms with van der Waals surface area (Å²) in [7, 11) is 0. The van der Waals surface area contributed by atoms with Gasteiger partial charge in [-0.1, -0.05) is 12.1 Å². The average Bonchev–Trinajstić information content (AvgIpc) is 3.12. The van der Waals surface area contributed by atoms with E-state index in [0.717, 1.165) is 25.2 Å². The predicted molar refractivity (Wildman–Crippen MR) is 76.8 cm³/mol. The molecule has 4 heteroatoms. The van der Waals surface area contributed by atoms with Gasteiger partial charge in [0.25, 0.3) is 0 Å². The summed E-state index contributed by atoms with van der Waals surface area (Å²) in [5.74, 6) is 0. The number of rotatable bonds is 4. The molecule has 2 heterocycles. The van der Waals surface area contributed by atoms with Crippen molar-refractivity contribution in [1.82, 2.24) is 14.5 Å². The molecule has 102 valence electrons. The normalized spacial score (nSPS) is 19.1. The smallest absolute Gasteiger partial charge is 0.0991 e. The van der Waals surface area contributed by atoms with Crippen molar-refractivity contribution in [2.24, 2.45) is 0 Å². The SMILES string of the molecule is N#Cc1cccc(CN2CCC[C@@H]2Cn2ccnc2)c1. The number of nitrogens with zero attached hydrogens (tertiary/aromatic N) is 4. The Bertz CT molecular complexity index is 597. The summed E-state index contributed by atoms with van der Waals surface area (Å²) in [6.45, 7) is 3.06. The van der Waals surface area contributed by atoms with Gasteiger partial charge in [-0.3, -0.25) is 4.90 Å². The Labute approximate surface area is 119 Å². The van der Waals surface area contributed by atoms with E-state index in [1.807, 2.05) is 36.9 Å². The molecule has 0 aliphatic carbocycles. The monoisotopic (exact) mass is 266 g/mol. The summed E-state index contributed by atoms with van der Waals surface area (Å²) in [5.41, 5.74) is 1.97. The minimum atomic E-state index is 0.565. The highest BCUT2D eigenvalue weighted by Gasteiger charge is 2.24. The maximum absolute atomic E-state index is 8.97. The lowest BCUT2D eigenvalue weighted by Gasteiger charge is -2.24. The standard InChI is InChI=1S/C16H18N4/c17-10-14-3-1-4-15(9-14)11-20-7-2-5-16(20)12-19-8-6-18-13-19/h1,3-4,6,8-9,13,16H,2,5,7,11-12H2/t16-/m1/s1. The third-order valence-corrected chi connectivity index (χ3v) is 3.92. The number of aromatic nitrogens is 2. The zero-order valence-electron chi connectivity index (χ0n) is 11.4. The van der Waals surface area contributed by atoms with Crippen molar-refractivity contribution in [3.8, 4) is 6.07 Å². The fourth-order valence-electron chi connectivity index (χ4n) is 2.92. The van der Waals surface area contributed by atoms with Crippen LogP contribution >= 0.6 is 0 Å². The van der Waals surface area contributed by atoms with Crippen molar-refractivity contribution in [3.63, 3.8) is 0 Å². The van der Waals surface area contributed by atoms with Crippen molar-refractivity contribution in [2.75, 3.05) is 6.54 Å². The first kappa shape index (κ1) is 12.9. The predicted octanol–water partition coefficient (Wildman–Crippen LogP) is 2.42. The van der Waals surface area contributed by atoms with Crippen molar-refractivity contribution in [3.05, 3.63) is 54.1 Å². The van der Waals surface area contributed by atoms with Gasteiger partial charge < -0.3 is 4.57 Å². The molecule has 1 fully saturated rings. The first-order valence-corrected chi connectivity index (χ1v) is 7.04. The molecule has 1 aromatic heterocycles. The fraction of sp³-hybridized carbons (Fsp3) is 0.375. The van der Waals surface area contributed by atoms with E-state index in [1.54, 1.807) is 0 Å². The molecular weight excluding hydrogens is 248 g/mol. The summed E-state index contributed by atoms with van der Waals surface area (Å²) in [6, 6.07) is 10.7. The number of likely N-dealkylation sites (tertiary alicyclic amines) is 1. The maximum Gasteiger partial charge on any atom is 0.0991 e. The zero-order chi connectivity index (χ0) is 13.8. The van der Waals surface area contributed by atoms with E-state index in [9.17, 15) is 0 Å². The Morgan fingerprint density at radius 1 is 1.40 bits per heavy atom. The van der Waals surface area contributed by atoms with Crippen LogP contribution in [0.25, 0.3) is 0 Å². The minimum Gasteiger partial charge on any atom is -0.336 e. The number of hydrogen-bond acceptors (Lipinski definition) is 3. The highest BCUT2D eigenvalue weighted by atomic mass is 15.2. The number of imidazole rings is 1. The second-order valence-corrected chi connectivity index (χ2v) is 5.34. The second-order valence-electron chi connectivity index (χ2n) is 5.34. The molecule has 1 aliphatic rings. The molecule has 0 spiro atoms.